The van der Waals surface area contributed by atoms with Gasteiger partial charge in [-0.25, -0.2) is 4.79 Å². The molecule has 0 spiro atoms. The van der Waals surface area contributed by atoms with Crippen molar-refractivity contribution in [3.05, 3.63) is 35.4 Å². The number of carboxylic acid groups (broad SMARTS) is 1. The second-order valence-corrected chi connectivity index (χ2v) is 6.47. The van der Waals surface area contributed by atoms with Crippen LogP contribution in [-0.4, -0.2) is 28.6 Å². The molecule has 0 saturated heterocycles. The maximum absolute atomic E-state index is 10.8. The first-order valence-electron chi connectivity index (χ1n) is 6.73. The molecule has 3 nitrogen and oxygen atoms in total. The highest BCUT2D eigenvalue weighted by molar-refractivity contribution is 8.00. The molecule has 1 fully saturated rings. The van der Waals surface area contributed by atoms with Crippen molar-refractivity contribution in [2.45, 2.75) is 37.0 Å². The van der Waals surface area contributed by atoms with E-state index in [1.165, 1.54) is 25.7 Å². The number of benzene rings is 1. The summed E-state index contributed by atoms with van der Waals surface area (Å²) in [6.45, 7) is 1.84. The number of rotatable bonds is 6. The molecular weight excluding hydrogens is 258 g/mol. The highest BCUT2D eigenvalue weighted by Crippen LogP contribution is 2.39. The van der Waals surface area contributed by atoms with Crippen LogP contribution in [0.15, 0.2) is 24.3 Å². The van der Waals surface area contributed by atoms with E-state index >= 15 is 0 Å². The fourth-order valence-electron chi connectivity index (χ4n) is 2.67. The lowest BCUT2D eigenvalue weighted by molar-refractivity contribution is 0.0697. The second-order valence-electron chi connectivity index (χ2n) is 5.20. The van der Waals surface area contributed by atoms with Crippen molar-refractivity contribution in [2.75, 3.05) is 12.8 Å². The summed E-state index contributed by atoms with van der Waals surface area (Å²) < 4.78 is 0.418. The van der Waals surface area contributed by atoms with Gasteiger partial charge in [0.25, 0.3) is 0 Å². The van der Waals surface area contributed by atoms with Crippen LogP contribution in [-0.2, 0) is 6.54 Å². The van der Waals surface area contributed by atoms with Crippen LogP contribution in [0.5, 0.6) is 0 Å². The third-order valence-electron chi connectivity index (χ3n) is 3.92. The minimum absolute atomic E-state index is 0.347. The zero-order valence-corrected chi connectivity index (χ0v) is 12.1. The van der Waals surface area contributed by atoms with Gasteiger partial charge in [-0.1, -0.05) is 25.0 Å². The fourth-order valence-corrected chi connectivity index (χ4v) is 3.62. The first-order chi connectivity index (χ1) is 9.15. The van der Waals surface area contributed by atoms with Crippen LogP contribution in [0.25, 0.3) is 0 Å². The molecule has 2 rings (SSSR count). The third kappa shape index (κ3) is 3.74. The normalized spacial score (nSPS) is 17.5. The first kappa shape index (κ1) is 14.4. The molecule has 0 aliphatic heterocycles. The van der Waals surface area contributed by atoms with Gasteiger partial charge in [0, 0.05) is 17.8 Å². The van der Waals surface area contributed by atoms with Crippen LogP contribution in [0.3, 0.4) is 0 Å². The number of thioether (sulfide) groups is 1. The summed E-state index contributed by atoms with van der Waals surface area (Å²) in [6.07, 6.45) is 7.50. The molecule has 19 heavy (non-hydrogen) atoms. The molecule has 0 amide bonds. The smallest absolute Gasteiger partial charge is 0.335 e. The van der Waals surface area contributed by atoms with Gasteiger partial charge in [0.2, 0.25) is 0 Å². The van der Waals surface area contributed by atoms with Crippen molar-refractivity contribution >= 4 is 17.7 Å². The molecule has 0 aromatic heterocycles. The molecule has 1 aliphatic carbocycles. The minimum atomic E-state index is -0.869. The average molecular weight is 279 g/mol. The molecule has 1 aliphatic rings. The van der Waals surface area contributed by atoms with Gasteiger partial charge in [-0.3, -0.25) is 0 Å². The van der Waals surface area contributed by atoms with Gasteiger partial charge in [0.15, 0.2) is 0 Å². The van der Waals surface area contributed by atoms with E-state index in [1.54, 1.807) is 12.1 Å². The largest absolute Gasteiger partial charge is 0.478 e. The lowest BCUT2D eigenvalue weighted by atomic mass is 10.1. The van der Waals surface area contributed by atoms with E-state index in [9.17, 15) is 4.79 Å². The predicted molar refractivity (Wildman–Crippen MR) is 79.8 cm³/mol. The summed E-state index contributed by atoms with van der Waals surface area (Å²) in [5, 5.41) is 12.4. The highest BCUT2D eigenvalue weighted by Gasteiger charge is 2.32. The van der Waals surface area contributed by atoms with Gasteiger partial charge in [-0.2, -0.15) is 11.8 Å². The van der Waals surface area contributed by atoms with Gasteiger partial charge in [0.05, 0.1) is 5.56 Å². The Balaban J connectivity index is 1.83. The summed E-state index contributed by atoms with van der Waals surface area (Å²) in [4.78, 5) is 10.8. The Labute approximate surface area is 118 Å². The summed E-state index contributed by atoms with van der Waals surface area (Å²) in [5.41, 5.74) is 1.49. The summed E-state index contributed by atoms with van der Waals surface area (Å²) in [5.74, 6) is -0.869. The highest BCUT2D eigenvalue weighted by atomic mass is 32.2. The Kier molecular flexibility index (Phi) is 4.88. The van der Waals surface area contributed by atoms with Crippen LogP contribution in [0, 0.1) is 0 Å². The summed E-state index contributed by atoms with van der Waals surface area (Å²) >= 11 is 1.98. The lowest BCUT2D eigenvalue weighted by Gasteiger charge is -2.27. The topological polar surface area (TPSA) is 49.3 Å². The zero-order valence-electron chi connectivity index (χ0n) is 11.3. The summed E-state index contributed by atoms with van der Waals surface area (Å²) in [7, 11) is 0. The number of carboxylic acids is 1. The molecular formula is C15H21NO2S. The fraction of sp³-hybridized carbons (Fsp3) is 0.533. The Bertz CT molecular complexity index is 424. The second kappa shape index (κ2) is 6.44. The maximum Gasteiger partial charge on any atom is 0.335 e. The van der Waals surface area contributed by atoms with E-state index in [1.807, 2.05) is 23.9 Å². The van der Waals surface area contributed by atoms with Crippen molar-refractivity contribution in [2.24, 2.45) is 0 Å². The third-order valence-corrected chi connectivity index (χ3v) is 5.34. The SMILES string of the molecule is CSC1(CNCc2ccc(C(=O)O)cc2)CCCC1. The van der Waals surface area contributed by atoms with Crippen molar-refractivity contribution in [1.82, 2.24) is 5.32 Å². The van der Waals surface area contributed by atoms with E-state index in [0.29, 0.717) is 10.3 Å². The molecule has 0 atom stereocenters. The quantitative estimate of drug-likeness (QED) is 0.840. The van der Waals surface area contributed by atoms with Gasteiger partial charge >= 0.3 is 5.97 Å². The van der Waals surface area contributed by atoms with Crippen molar-refractivity contribution < 1.29 is 9.90 Å². The Morgan fingerprint density at radius 2 is 1.95 bits per heavy atom. The van der Waals surface area contributed by atoms with Gasteiger partial charge < -0.3 is 10.4 Å². The molecule has 1 saturated carbocycles. The molecule has 0 bridgehead atoms. The first-order valence-corrected chi connectivity index (χ1v) is 7.96. The molecule has 104 valence electrons. The Morgan fingerprint density at radius 1 is 1.32 bits per heavy atom. The van der Waals surface area contributed by atoms with Crippen LogP contribution in [0.1, 0.15) is 41.6 Å². The van der Waals surface area contributed by atoms with Crippen molar-refractivity contribution in [1.29, 1.82) is 0 Å². The van der Waals surface area contributed by atoms with Crippen molar-refractivity contribution in [3.63, 3.8) is 0 Å². The van der Waals surface area contributed by atoms with Crippen LogP contribution in [0.2, 0.25) is 0 Å². The number of aromatic carboxylic acids is 1. The number of nitrogens with one attached hydrogen (secondary N) is 1. The van der Waals surface area contributed by atoms with E-state index in [0.717, 1.165) is 18.7 Å². The lowest BCUT2D eigenvalue weighted by Crippen LogP contribution is -2.34. The molecule has 1 aromatic carbocycles. The molecule has 2 N–H and O–H groups in total. The predicted octanol–water partition coefficient (Wildman–Crippen LogP) is 3.15. The molecule has 1 aromatic rings. The van der Waals surface area contributed by atoms with Crippen LogP contribution >= 0.6 is 11.8 Å². The van der Waals surface area contributed by atoms with E-state index in [2.05, 4.69) is 11.6 Å². The van der Waals surface area contributed by atoms with Crippen LogP contribution in [0.4, 0.5) is 0 Å². The maximum atomic E-state index is 10.8. The van der Waals surface area contributed by atoms with Crippen molar-refractivity contribution in [3.8, 4) is 0 Å². The number of carbonyl (C=O) groups is 1. The van der Waals surface area contributed by atoms with E-state index < -0.39 is 5.97 Å². The van der Waals surface area contributed by atoms with Gasteiger partial charge in [-0.05, 0) is 36.8 Å². The standard InChI is InChI=1S/C15H21NO2S/c1-19-15(8-2-3-9-15)11-16-10-12-4-6-13(7-5-12)14(17)18/h4-7,16H,2-3,8-11H2,1H3,(H,17,18). The number of hydrogen-bond acceptors (Lipinski definition) is 3. The molecule has 0 unspecified atom stereocenters. The molecule has 0 radical (unpaired) electrons. The average Bonchev–Trinajstić information content (AvgIpc) is 2.89. The number of hydrogen-bond donors (Lipinski definition) is 2. The van der Waals surface area contributed by atoms with E-state index in [-0.39, 0.29) is 0 Å². The van der Waals surface area contributed by atoms with Gasteiger partial charge in [0.1, 0.15) is 0 Å². The van der Waals surface area contributed by atoms with E-state index in [4.69, 9.17) is 5.11 Å². The van der Waals surface area contributed by atoms with Gasteiger partial charge in [-0.15, -0.1) is 0 Å². The monoisotopic (exact) mass is 279 g/mol. The van der Waals surface area contributed by atoms with Crippen LogP contribution < -0.4 is 5.32 Å². The zero-order chi connectivity index (χ0) is 13.7. The Hall–Kier alpha value is -1.00. The molecule has 0 heterocycles. The molecule has 4 heteroatoms. The summed E-state index contributed by atoms with van der Waals surface area (Å²) in [6, 6.07) is 7.10. The Morgan fingerprint density at radius 3 is 2.47 bits per heavy atom. The minimum Gasteiger partial charge on any atom is -0.478 e.